The number of sulfonamides is 1. The van der Waals surface area contributed by atoms with Crippen LogP contribution >= 0.6 is 0 Å². The van der Waals surface area contributed by atoms with E-state index in [1.807, 2.05) is 6.07 Å². The maximum atomic E-state index is 12.4. The number of fused-ring (bicyclic) bond motifs is 1. The largest absolute Gasteiger partial charge is 0.326 e. The molecule has 0 atom stereocenters. The van der Waals surface area contributed by atoms with E-state index in [0.29, 0.717) is 11.3 Å². The predicted octanol–water partition coefficient (Wildman–Crippen LogP) is 1.22. The minimum Gasteiger partial charge on any atom is -0.326 e. The minimum absolute atomic E-state index is 0.0175. The van der Waals surface area contributed by atoms with Crippen LogP contribution in [0.3, 0.4) is 0 Å². The van der Waals surface area contributed by atoms with Gasteiger partial charge < -0.3 is 5.73 Å². The summed E-state index contributed by atoms with van der Waals surface area (Å²) in [5, 5.41) is 7.80. The average molecular weight is 303 g/mol. The van der Waals surface area contributed by atoms with E-state index < -0.39 is 10.0 Å². The molecule has 2 aromatic heterocycles. The molecular weight excluding hydrogens is 290 g/mol. The van der Waals surface area contributed by atoms with E-state index in [1.54, 1.807) is 30.6 Å². The Kier molecular flexibility index (Phi) is 3.32. The molecule has 3 rings (SSSR count). The molecule has 2 heterocycles. The molecule has 0 bridgehead atoms. The summed E-state index contributed by atoms with van der Waals surface area (Å²) in [4.78, 5) is 4.02. The van der Waals surface area contributed by atoms with Gasteiger partial charge in [-0.05, 0) is 12.1 Å². The summed E-state index contributed by atoms with van der Waals surface area (Å²) in [5.74, 6) is 0. The number of hydrogen-bond acceptors (Lipinski definition) is 5. The van der Waals surface area contributed by atoms with Crippen molar-refractivity contribution in [2.24, 2.45) is 5.73 Å². The van der Waals surface area contributed by atoms with Gasteiger partial charge in [-0.3, -0.25) is 14.8 Å². The molecule has 0 saturated carbocycles. The van der Waals surface area contributed by atoms with Gasteiger partial charge in [-0.1, -0.05) is 12.1 Å². The summed E-state index contributed by atoms with van der Waals surface area (Å²) >= 11 is 0. The molecule has 0 amide bonds. The van der Waals surface area contributed by atoms with Gasteiger partial charge in [-0.15, -0.1) is 0 Å². The van der Waals surface area contributed by atoms with Crippen molar-refractivity contribution in [1.29, 1.82) is 0 Å². The van der Waals surface area contributed by atoms with Crippen LogP contribution in [0.15, 0.2) is 47.9 Å². The molecule has 0 fully saturated rings. The molecule has 4 N–H and O–H groups in total. The van der Waals surface area contributed by atoms with Crippen LogP contribution in [0.5, 0.6) is 0 Å². The highest BCUT2D eigenvalue weighted by molar-refractivity contribution is 7.92. The maximum absolute atomic E-state index is 12.4. The van der Waals surface area contributed by atoms with Crippen molar-refractivity contribution in [2.45, 2.75) is 11.6 Å². The molecule has 108 valence electrons. The number of aromatic nitrogens is 3. The SMILES string of the molecule is NCc1cn[nH]c1S(=O)(=O)Nc1cccc2cnccc12. The minimum atomic E-state index is -3.77. The molecule has 0 saturated heterocycles. The van der Waals surface area contributed by atoms with E-state index in [4.69, 9.17) is 5.73 Å². The number of hydrogen-bond donors (Lipinski definition) is 3. The Morgan fingerprint density at radius 3 is 2.90 bits per heavy atom. The smallest absolute Gasteiger partial charge is 0.279 e. The van der Waals surface area contributed by atoms with Crippen LogP contribution in [0.1, 0.15) is 5.56 Å². The molecule has 3 aromatic rings. The Balaban J connectivity index is 2.06. The third-order valence-electron chi connectivity index (χ3n) is 3.09. The molecular formula is C13H13N5O2S. The van der Waals surface area contributed by atoms with Gasteiger partial charge in [-0.2, -0.15) is 13.5 Å². The zero-order valence-electron chi connectivity index (χ0n) is 10.9. The lowest BCUT2D eigenvalue weighted by Gasteiger charge is -2.10. The van der Waals surface area contributed by atoms with E-state index in [0.717, 1.165) is 10.8 Å². The second-order valence-electron chi connectivity index (χ2n) is 4.44. The van der Waals surface area contributed by atoms with E-state index >= 15 is 0 Å². The number of nitrogens with two attached hydrogens (primary N) is 1. The first kappa shape index (κ1) is 13.5. The zero-order valence-corrected chi connectivity index (χ0v) is 11.8. The van der Waals surface area contributed by atoms with Crippen LogP contribution in [0.25, 0.3) is 10.8 Å². The number of nitrogens with zero attached hydrogens (tertiary/aromatic N) is 2. The van der Waals surface area contributed by atoms with Crippen LogP contribution in [0.4, 0.5) is 5.69 Å². The number of nitrogens with one attached hydrogen (secondary N) is 2. The van der Waals surface area contributed by atoms with Crippen molar-refractivity contribution < 1.29 is 8.42 Å². The van der Waals surface area contributed by atoms with E-state index in [2.05, 4.69) is 19.9 Å². The zero-order chi connectivity index (χ0) is 14.9. The Labute approximate surface area is 121 Å². The third kappa shape index (κ3) is 2.46. The van der Waals surface area contributed by atoms with Crippen LogP contribution in [-0.4, -0.2) is 23.6 Å². The quantitative estimate of drug-likeness (QED) is 0.670. The second kappa shape index (κ2) is 5.15. The van der Waals surface area contributed by atoms with Gasteiger partial charge in [0.1, 0.15) is 0 Å². The van der Waals surface area contributed by atoms with Crippen molar-refractivity contribution in [3.63, 3.8) is 0 Å². The number of benzene rings is 1. The van der Waals surface area contributed by atoms with Crippen molar-refractivity contribution in [1.82, 2.24) is 15.2 Å². The van der Waals surface area contributed by atoms with Crippen molar-refractivity contribution in [2.75, 3.05) is 4.72 Å². The molecule has 0 spiro atoms. The Morgan fingerprint density at radius 2 is 2.10 bits per heavy atom. The fourth-order valence-electron chi connectivity index (χ4n) is 2.08. The molecule has 0 aliphatic rings. The lowest BCUT2D eigenvalue weighted by molar-refractivity contribution is 0.596. The first-order chi connectivity index (χ1) is 10.1. The topological polar surface area (TPSA) is 114 Å². The highest BCUT2D eigenvalue weighted by atomic mass is 32.2. The lowest BCUT2D eigenvalue weighted by Crippen LogP contribution is -2.16. The first-order valence-corrected chi connectivity index (χ1v) is 7.68. The second-order valence-corrected chi connectivity index (χ2v) is 6.06. The monoisotopic (exact) mass is 303 g/mol. The maximum Gasteiger partial charge on any atom is 0.279 e. The molecule has 0 aliphatic heterocycles. The fourth-order valence-corrected chi connectivity index (χ4v) is 3.31. The number of anilines is 1. The van der Waals surface area contributed by atoms with Gasteiger partial charge >= 0.3 is 0 Å². The molecule has 8 heteroatoms. The average Bonchev–Trinajstić information content (AvgIpc) is 2.97. The van der Waals surface area contributed by atoms with Crippen LogP contribution < -0.4 is 10.5 Å². The van der Waals surface area contributed by atoms with Gasteiger partial charge in [0.05, 0.1) is 11.9 Å². The van der Waals surface area contributed by atoms with E-state index in [-0.39, 0.29) is 11.6 Å². The normalized spacial score (nSPS) is 11.7. The number of H-pyrrole nitrogens is 1. The predicted molar refractivity (Wildman–Crippen MR) is 79.0 cm³/mol. The summed E-state index contributed by atoms with van der Waals surface area (Å²) in [6, 6.07) is 7.07. The highest BCUT2D eigenvalue weighted by Crippen LogP contribution is 2.25. The molecule has 7 nitrogen and oxygen atoms in total. The highest BCUT2D eigenvalue weighted by Gasteiger charge is 2.21. The Morgan fingerprint density at radius 1 is 1.24 bits per heavy atom. The summed E-state index contributed by atoms with van der Waals surface area (Å²) in [6.07, 6.45) is 4.69. The van der Waals surface area contributed by atoms with Gasteiger partial charge in [0, 0.05) is 35.3 Å². The fraction of sp³-hybridized carbons (Fsp3) is 0.0769. The molecule has 0 aliphatic carbocycles. The summed E-state index contributed by atoms with van der Waals surface area (Å²) in [5.41, 5.74) is 6.43. The third-order valence-corrected chi connectivity index (χ3v) is 4.47. The summed E-state index contributed by atoms with van der Waals surface area (Å²) in [7, 11) is -3.77. The van der Waals surface area contributed by atoms with Crippen molar-refractivity contribution in [3.05, 3.63) is 48.4 Å². The van der Waals surface area contributed by atoms with Crippen LogP contribution in [0.2, 0.25) is 0 Å². The molecule has 0 unspecified atom stereocenters. The Bertz CT molecular complexity index is 883. The summed E-state index contributed by atoms with van der Waals surface area (Å²) < 4.78 is 27.4. The Hall–Kier alpha value is -2.45. The van der Waals surface area contributed by atoms with Gasteiger partial charge in [-0.25, -0.2) is 0 Å². The van der Waals surface area contributed by atoms with Crippen LogP contribution in [-0.2, 0) is 16.6 Å². The van der Waals surface area contributed by atoms with Crippen LogP contribution in [0, 0.1) is 0 Å². The van der Waals surface area contributed by atoms with E-state index in [9.17, 15) is 8.42 Å². The lowest BCUT2D eigenvalue weighted by atomic mass is 10.1. The molecule has 1 aromatic carbocycles. The molecule has 0 radical (unpaired) electrons. The van der Waals surface area contributed by atoms with Gasteiger partial charge in [0.15, 0.2) is 5.03 Å². The van der Waals surface area contributed by atoms with Crippen molar-refractivity contribution in [3.8, 4) is 0 Å². The number of aromatic amines is 1. The van der Waals surface area contributed by atoms with Gasteiger partial charge in [0.25, 0.3) is 10.0 Å². The van der Waals surface area contributed by atoms with Gasteiger partial charge in [0.2, 0.25) is 0 Å². The number of rotatable bonds is 4. The molecule has 21 heavy (non-hydrogen) atoms. The first-order valence-electron chi connectivity index (χ1n) is 6.19. The number of pyridine rings is 1. The van der Waals surface area contributed by atoms with Crippen molar-refractivity contribution >= 4 is 26.5 Å². The summed E-state index contributed by atoms with van der Waals surface area (Å²) in [6.45, 7) is 0.0895. The van der Waals surface area contributed by atoms with E-state index in [1.165, 1.54) is 6.20 Å². The standard InChI is InChI=1S/C13H13N5O2S/c14-6-10-8-16-17-13(10)21(19,20)18-12-3-1-2-9-7-15-5-4-11(9)12/h1-5,7-8,18H,6,14H2,(H,16,17).